The average Bonchev–Trinajstić information content (AvgIpc) is 2.49. The Morgan fingerprint density at radius 1 is 0.750 bits per heavy atom. The van der Waals surface area contributed by atoms with Crippen LogP contribution in [0.5, 0.6) is 0 Å². The first-order valence-corrected chi connectivity index (χ1v) is 16.7. The Hall–Kier alpha value is 0.759. The molecule has 0 aromatic heterocycles. The van der Waals surface area contributed by atoms with E-state index in [-0.39, 0.29) is 0 Å². The van der Waals surface area contributed by atoms with Crippen molar-refractivity contribution in [3.05, 3.63) is 0 Å². The molecule has 0 heterocycles. The van der Waals surface area contributed by atoms with Gasteiger partial charge in [-0.2, -0.15) is 0 Å². The van der Waals surface area contributed by atoms with Crippen molar-refractivity contribution in [2.24, 2.45) is 0 Å². The van der Waals surface area contributed by atoms with E-state index in [2.05, 4.69) is 20.8 Å². The van der Waals surface area contributed by atoms with E-state index in [9.17, 15) is 0 Å². The summed E-state index contributed by atoms with van der Waals surface area (Å²) < 4.78 is 11.5. The van der Waals surface area contributed by atoms with Crippen LogP contribution in [-0.4, -0.2) is 24.9 Å². The first-order chi connectivity index (χ1) is 9.76. The summed E-state index contributed by atoms with van der Waals surface area (Å²) in [6, 6.07) is 0. The van der Waals surface area contributed by atoms with Gasteiger partial charge in [0.15, 0.2) is 0 Å². The fraction of sp³-hybridized carbons (Fsp3) is 1.00. The van der Waals surface area contributed by atoms with Crippen LogP contribution in [0.4, 0.5) is 0 Å². The molecule has 1 aliphatic rings. The van der Waals surface area contributed by atoms with Gasteiger partial charge in [-0.3, -0.25) is 0 Å². The van der Waals surface area contributed by atoms with E-state index in [0.717, 1.165) is 0 Å². The number of hydrogen-bond acceptors (Lipinski definition) is 1. The molecule has 1 rings (SSSR count). The minimum absolute atomic E-state index is 0.658. The zero-order valence-corrected chi connectivity index (χ0v) is 17.2. The predicted molar refractivity (Wildman–Crippen MR) is 92.9 cm³/mol. The van der Waals surface area contributed by atoms with Gasteiger partial charge < -0.3 is 0 Å². The quantitative estimate of drug-likeness (QED) is 0.358. The summed E-state index contributed by atoms with van der Waals surface area (Å²) in [5, 5.41) is 0. The Morgan fingerprint density at radius 2 is 1.20 bits per heavy atom. The van der Waals surface area contributed by atoms with Crippen molar-refractivity contribution in [2.45, 2.75) is 111 Å². The van der Waals surface area contributed by atoms with Crippen molar-refractivity contribution >= 4 is 18.8 Å². The third-order valence-corrected chi connectivity index (χ3v) is 18.1. The minimum atomic E-state index is -2.29. The standard InChI is InChI=1S/C6H11O.3C4H9.Sn/c7-6-4-2-1-3-5-6;3*1-3-4-2;/h6H,1-5H2;3*1,3-4H2,2H3;/q-1;;;;+1. The molecule has 0 aromatic carbocycles. The summed E-state index contributed by atoms with van der Waals surface area (Å²) >= 11 is -2.29. The molecule has 0 spiro atoms. The Morgan fingerprint density at radius 3 is 1.60 bits per heavy atom. The molecular formula is C18H38OSn. The van der Waals surface area contributed by atoms with E-state index >= 15 is 0 Å². The zero-order chi connectivity index (χ0) is 14.7. The molecule has 1 saturated carbocycles. The molecule has 0 N–H and O–H groups in total. The van der Waals surface area contributed by atoms with E-state index < -0.39 is 18.8 Å². The van der Waals surface area contributed by atoms with Gasteiger partial charge in [0.25, 0.3) is 0 Å². The average molecular weight is 389 g/mol. The van der Waals surface area contributed by atoms with Gasteiger partial charge >= 0.3 is 133 Å². The molecule has 0 saturated heterocycles. The van der Waals surface area contributed by atoms with Gasteiger partial charge in [0.05, 0.1) is 0 Å². The van der Waals surface area contributed by atoms with Gasteiger partial charge in [0.1, 0.15) is 0 Å². The van der Waals surface area contributed by atoms with E-state index in [1.165, 1.54) is 83.9 Å². The van der Waals surface area contributed by atoms with Gasteiger partial charge in [-0.25, -0.2) is 0 Å². The van der Waals surface area contributed by atoms with Crippen molar-refractivity contribution in [1.82, 2.24) is 0 Å². The molecular weight excluding hydrogens is 351 g/mol. The van der Waals surface area contributed by atoms with Crippen molar-refractivity contribution < 1.29 is 3.07 Å². The third kappa shape index (κ3) is 7.15. The molecule has 0 atom stereocenters. The molecule has 0 aromatic rings. The first-order valence-electron chi connectivity index (χ1n) is 9.44. The molecule has 20 heavy (non-hydrogen) atoms. The molecule has 0 amide bonds. The Balaban J connectivity index is 2.64. The topological polar surface area (TPSA) is 9.23 Å². The van der Waals surface area contributed by atoms with Crippen LogP contribution in [0, 0.1) is 0 Å². The Kier molecular flexibility index (Phi) is 10.7. The van der Waals surface area contributed by atoms with Crippen LogP contribution in [0.25, 0.3) is 0 Å². The fourth-order valence-electron chi connectivity index (χ4n) is 3.59. The zero-order valence-electron chi connectivity index (χ0n) is 14.4. The Bertz CT molecular complexity index is 202. The summed E-state index contributed by atoms with van der Waals surface area (Å²) in [5.74, 6) is 0. The van der Waals surface area contributed by atoms with Crippen LogP contribution in [-0.2, 0) is 3.07 Å². The molecule has 0 unspecified atom stereocenters. The second-order valence-corrected chi connectivity index (χ2v) is 18.6. The summed E-state index contributed by atoms with van der Waals surface area (Å²) in [6.07, 6.45) is 16.0. The number of unbranched alkanes of at least 4 members (excludes halogenated alkanes) is 3. The first kappa shape index (κ1) is 18.8. The molecule has 120 valence electrons. The monoisotopic (exact) mass is 390 g/mol. The van der Waals surface area contributed by atoms with Crippen LogP contribution >= 0.6 is 0 Å². The number of rotatable bonds is 11. The van der Waals surface area contributed by atoms with E-state index in [0.29, 0.717) is 6.10 Å². The maximum absolute atomic E-state index is 7.00. The summed E-state index contributed by atoms with van der Waals surface area (Å²) in [5.41, 5.74) is 0. The van der Waals surface area contributed by atoms with Gasteiger partial charge in [-0.15, -0.1) is 0 Å². The van der Waals surface area contributed by atoms with E-state index in [1.807, 2.05) is 0 Å². The summed E-state index contributed by atoms with van der Waals surface area (Å²) in [7, 11) is 0. The fourth-order valence-corrected chi connectivity index (χ4v) is 18.0. The summed E-state index contributed by atoms with van der Waals surface area (Å²) in [4.78, 5) is 0. The molecule has 2 heteroatoms. The van der Waals surface area contributed by atoms with Crippen LogP contribution < -0.4 is 0 Å². The van der Waals surface area contributed by atoms with Crippen molar-refractivity contribution in [1.29, 1.82) is 0 Å². The van der Waals surface area contributed by atoms with Crippen molar-refractivity contribution in [3.8, 4) is 0 Å². The van der Waals surface area contributed by atoms with Gasteiger partial charge in [-0.05, 0) is 0 Å². The van der Waals surface area contributed by atoms with E-state index in [1.54, 1.807) is 0 Å². The molecule has 0 bridgehead atoms. The predicted octanol–water partition coefficient (Wildman–Crippen LogP) is 6.68. The second-order valence-electron chi connectivity index (χ2n) is 6.87. The number of hydrogen-bond donors (Lipinski definition) is 0. The molecule has 1 aliphatic carbocycles. The van der Waals surface area contributed by atoms with Gasteiger partial charge in [0.2, 0.25) is 0 Å². The maximum atomic E-state index is 7.00. The van der Waals surface area contributed by atoms with Crippen molar-refractivity contribution in [2.75, 3.05) is 0 Å². The van der Waals surface area contributed by atoms with Crippen LogP contribution in [0.2, 0.25) is 13.3 Å². The van der Waals surface area contributed by atoms with E-state index in [4.69, 9.17) is 3.07 Å². The summed E-state index contributed by atoms with van der Waals surface area (Å²) in [6.45, 7) is 7.03. The molecule has 0 radical (unpaired) electrons. The second kappa shape index (κ2) is 11.3. The van der Waals surface area contributed by atoms with Gasteiger partial charge in [0, 0.05) is 0 Å². The SMILES string of the molecule is CCC[CH2][Sn]([CH2]CCC)([CH2]CCC)[O]C1CCCCC1. The van der Waals surface area contributed by atoms with Crippen LogP contribution in [0.3, 0.4) is 0 Å². The van der Waals surface area contributed by atoms with Gasteiger partial charge in [-0.1, -0.05) is 0 Å². The van der Waals surface area contributed by atoms with Crippen LogP contribution in [0.15, 0.2) is 0 Å². The Labute approximate surface area is 132 Å². The van der Waals surface area contributed by atoms with Crippen LogP contribution in [0.1, 0.15) is 91.4 Å². The molecule has 0 aliphatic heterocycles. The normalized spacial score (nSPS) is 17.6. The molecule has 1 nitrogen and oxygen atoms in total. The van der Waals surface area contributed by atoms with Crippen molar-refractivity contribution in [3.63, 3.8) is 0 Å². The third-order valence-electron chi connectivity index (χ3n) is 4.93. The molecule has 1 fully saturated rings.